The maximum absolute atomic E-state index is 9.05. The van der Waals surface area contributed by atoms with Crippen molar-refractivity contribution >= 4 is 0 Å². The van der Waals surface area contributed by atoms with E-state index >= 15 is 0 Å². The summed E-state index contributed by atoms with van der Waals surface area (Å²) in [6.45, 7) is 2.37. The van der Waals surface area contributed by atoms with Gasteiger partial charge in [-0.25, -0.2) is 0 Å². The number of hydrogen-bond acceptors (Lipinski definition) is 6. The van der Waals surface area contributed by atoms with Crippen molar-refractivity contribution < 1.29 is 28.8 Å². The molecule has 0 radical (unpaired) electrons. The molecule has 0 aromatic heterocycles. The molecular formula is C17H18O6. The van der Waals surface area contributed by atoms with Crippen LogP contribution in [0, 0.1) is 0 Å². The first-order valence-corrected chi connectivity index (χ1v) is 7.28. The molecule has 23 heavy (non-hydrogen) atoms. The van der Waals surface area contributed by atoms with Crippen LogP contribution < -0.4 is 23.7 Å². The van der Waals surface area contributed by atoms with Crippen LogP contribution in [0.2, 0.25) is 0 Å². The van der Waals surface area contributed by atoms with Crippen molar-refractivity contribution in [2.75, 3.05) is 33.5 Å². The number of phenolic OH excluding ortho intramolecular Hbond substituents is 1. The average molecular weight is 318 g/mol. The van der Waals surface area contributed by atoms with Gasteiger partial charge in [-0.05, 0) is 24.3 Å². The molecule has 0 spiro atoms. The monoisotopic (exact) mass is 318 g/mol. The molecule has 1 N–H and O–H groups in total. The third kappa shape index (κ3) is 3.71. The number of rotatable bonds is 1. The Bertz CT molecular complexity index is 670. The van der Waals surface area contributed by atoms with E-state index in [0.29, 0.717) is 37.9 Å². The zero-order valence-corrected chi connectivity index (χ0v) is 12.8. The molecule has 2 aromatic rings. The van der Waals surface area contributed by atoms with Crippen molar-refractivity contribution in [1.29, 1.82) is 0 Å². The quantitative estimate of drug-likeness (QED) is 0.872. The largest absolute Gasteiger partial charge is 0.508 e. The summed E-state index contributed by atoms with van der Waals surface area (Å²) in [4.78, 5) is 0. The van der Waals surface area contributed by atoms with Gasteiger partial charge in [-0.2, -0.15) is 0 Å². The Morgan fingerprint density at radius 2 is 1.26 bits per heavy atom. The van der Waals surface area contributed by atoms with Crippen LogP contribution in [0.15, 0.2) is 36.4 Å². The van der Waals surface area contributed by atoms with E-state index in [0.717, 1.165) is 17.2 Å². The smallest absolute Gasteiger partial charge is 0.165 e. The first kappa shape index (κ1) is 15.1. The summed E-state index contributed by atoms with van der Waals surface area (Å²) in [6, 6.07) is 10.4. The van der Waals surface area contributed by atoms with Gasteiger partial charge < -0.3 is 28.8 Å². The lowest BCUT2D eigenvalue weighted by molar-refractivity contribution is 0.171. The summed E-state index contributed by atoms with van der Waals surface area (Å²) < 4.78 is 26.2. The molecule has 6 nitrogen and oxygen atoms in total. The topological polar surface area (TPSA) is 66.4 Å². The molecule has 0 unspecified atom stereocenters. The van der Waals surface area contributed by atoms with Crippen LogP contribution >= 0.6 is 0 Å². The number of fused-ring (bicyclic) bond motifs is 2. The van der Waals surface area contributed by atoms with Gasteiger partial charge in [0.2, 0.25) is 0 Å². The van der Waals surface area contributed by atoms with Crippen LogP contribution in [0.3, 0.4) is 0 Å². The minimum Gasteiger partial charge on any atom is -0.508 e. The highest BCUT2D eigenvalue weighted by Crippen LogP contribution is 2.33. The third-order valence-corrected chi connectivity index (χ3v) is 3.28. The Kier molecular flexibility index (Phi) is 4.61. The molecule has 0 aliphatic carbocycles. The van der Waals surface area contributed by atoms with E-state index < -0.39 is 0 Å². The molecule has 2 aliphatic rings. The van der Waals surface area contributed by atoms with E-state index in [1.165, 1.54) is 0 Å². The molecule has 0 atom stereocenters. The molecule has 0 amide bonds. The van der Waals surface area contributed by atoms with Crippen molar-refractivity contribution in [3.63, 3.8) is 0 Å². The van der Waals surface area contributed by atoms with Crippen LogP contribution in [0.1, 0.15) is 0 Å². The predicted octanol–water partition coefficient (Wildman–Crippen LogP) is 2.63. The SMILES string of the molecule is COc1ccc2c(c1)OCCO2.Oc1ccc2c(c1)OCCO2. The van der Waals surface area contributed by atoms with Crippen molar-refractivity contribution in [2.45, 2.75) is 0 Å². The van der Waals surface area contributed by atoms with Crippen molar-refractivity contribution in [1.82, 2.24) is 0 Å². The van der Waals surface area contributed by atoms with E-state index in [2.05, 4.69) is 0 Å². The molecule has 0 saturated carbocycles. The highest BCUT2D eigenvalue weighted by molar-refractivity contribution is 5.46. The van der Waals surface area contributed by atoms with Gasteiger partial charge in [0.25, 0.3) is 0 Å². The van der Waals surface area contributed by atoms with Crippen molar-refractivity contribution in [3.05, 3.63) is 36.4 Å². The molecule has 0 fully saturated rings. The number of phenols is 1. The molecular weight excluding hydrogens is 300 g/mol. The summed E-state index contributed by atoms with van der Waals surface area (Å²) in [7, 11) is 1.63. The number of ether oxygens (including phenoxy) is 5. The van der Waals surface area contributed by atoms with E-state index in [1.807, 2.05) is 18.2 Å². The van der Waals surface area contributed by atoms with Gasteiger partial charge in [-0.1, -0.05) is 0 Å². The zero-order chi connectivity index (χ0) is 16.1. The normalized spacial score (nSPS) is 14.3. The van der Waals surface area contributed by atoms with Crippen LogP contribution in [-0.2, 0) is 0 Å². The van der Waals surface area contributed by atoms with E-state index in [9.17, 15) is 0 Å². The zero-order valence-electron chi connectivity index (χ0n) is 12.8. The van der Waals surface area contributed by atoms with Crippen LogP contribution in [0.25, 0.3) is 0 Å². The van der Waals surface area contributed by atoms with Gasteiger partial charge in [-0.15, -0.1) is 0 Å². The average Bonchev–Trinajstić information content (AvgIpc) is 2.61. The fourth-order valence-corrected chi connectivity index (χ4v) is 2.18. The fraction of sp³-hybridized carbons (Fsp3) is 0.294. The first-order valence-electron chi connectivity index (χ1n) is 7.28. The standard InChI is InChI=1S/C9H10O3.C8H8O3/c1-10-7-2-3-8-9(6-7)12-5-4-11-8;9-6-1-2-7-8(5-6)11-4-3-10-7/h2-3,6H,4-5H2,1H3;1-2,5,9H,3-4H2. The summed E-state index contributed by atoms with van der Waals surface area (Å²) in [6.07, 6.45) is 0. The van der Waals surface area contributed by atoms with E-state index in [1.54, 1.807) is 25.3 Å². The van der Waals surface area contributed by atoms with Crippen molar-refractivity contribution in [2.24, 2.45) is 0 Å². The first-order chi connectivity index (χ1) is 11.3. The second-order valence-corrected chi connectivity index (χ2v) is 4.84. The third-order valence-electron chi connectivity index (χ3n) is 3.28. The van der Waals surface area contributed by atoms with Crippen LogP contribution in [0.4, 0.5) is 0 Å². The number of aromatic hydroxyl groups is 1. The highest BCUT2D eigenvalue weighted by Gasteiger charge is 2.11. The van der Waals surface area contributed by atoms with E-state index in [4.69, 9.17) is 28.8 Å². The summed E-state index contributed by atoms with van der Waals surface area (Å²) >= 11 is 0. The van der Waals surface area contributed by atoms with Crippen molar-refractivity contribution in [3.8, 4) is 34.5 Å². The lowest BCUT2D eigenvalue weighted by Crippen LogP contribution is -2.15. The Labute approximate surface area is 134 Å². The lowest BCUT2D eigenvalue weighted by Gasteiger charge is -2.18. The molecule has 4 rings (SSSR count). The molecule has 0 saturated heterocycles. The van der Waals surface area contributed by atoms with Gasteiger partial charge in [0, 0.05) is 12.1 Å². The Hall–Kier alpha value is -2.76. The van der Waals surface area contributed by atoms with Gasteiger partial charge in [0.1, 0.15) is 37.9 Å². The number of benzene rings is 2. The predicted molar refractivity (Wildman–Crippen MR) is 83.1 cm³/mol. The second kappa shape index (κ2) is 7.00. The van der Waals surface area contributed by atoms with Gasteiger partial charge in [0.05, 0.1) is 7.11 Å². The Morgan fingerprint density at radius 1 is 0.739 bits per heavy atom. The van der Waals surface area contributed by atoms with E-state index in [-0.39, 0.29) is 5.75 Å². The molecule has 6 heteroatoms. The summed E-state index contributed by atoms with van der Waals surface area (Å²) in [5.41, 5.74) is 0. The summed E-state index contributed by atoms with van der Waals surface area (Å²) in [5.74, 6) is 3.88. The van der Waals surface area contributed by atoms with Crippen LogP contribution in [-0.4, -0.2) is 38.6 Å². The minimum absolute atomic E-state index is 0.203. The molecule has 122 valence electrons. The number of methoxy groups -OCH3 is 1. The molecule has 2 aliphatic heterocycles. The minimum atomic E-state index is 0.203. The lowest BCUT2D eigenvalue weighted by atomic mass is 10.3. The van der Waals surface area contributed by atoms with Gasteiger partial charge >= 0.3 is 0 Å². The molecule has 2 heterocycles. The summed E-state index contributed by atoms with van der Waals surface area (Å²) in [5, 5.41) is 9.05. The number of hydrogen-bond donors (Lipinski definition) is 1. The molecule has 2 aromatic carbocycles. The Morgan fingerprint density at radius 3 is 1.87 bits per heavy atom. The highest BCUT2D eigenvalue weighted by atomic mass is 16.6. The van der Waals surface area contributed by atoms with Gasteiger partial charge in [0.15, 0.2) is 23.0 Å². The van der Waals surface area contributed by atoms with Crippen LogP contribution in [0.5, 0.6) is 34.5 Å². The fourth-order valence-electron chi connectivity index (χ4n) is 2.18. The maximum Gasteiger partial charge on any atom is 0.165 e. The Balaban J connectivity index is 0.000000136. The second-order valence-electron chi connectivity index (χ2n) is 4.84. The van der Waals surface area contributed by atoms with Gasteiger partial charge in [-0.3, -0.25) is 0 Å². The molecule has 0 bridgehead atoms. The maximum atomic E-state index is 9.05.